The molecule has 0 bridgehead atoms. The molecule has 0 saturated heterocycles. The lowest BCUT2D eigenvalue weighted by molar-refractivity contribution is -0.592. The number of hydrogen-bond acceptors (Lipinski definition) is 4. The van der Waals surface area contributed by atoms with Crippen molar-refractivity contribution in [2.75, 3.05) is 0 Å². The summed E-state index contributed by atoms with van der Waals surface area (Å²) in [4.78, 5) is 0.230. The molecule has 7 rings (SSSR count). The number of sulfonamides is 1. The molecule has 0 aliphatic carbocycles. The summed E-state index contributed by atoms with van der Waals surface area (Å²) in [7, 11) is -7.47. The first-order valence-corrected chi connectivity index (χ1v) is 18.7. The maximum Gasteiger partial charge on any atom is 0.243 e. The lowest BCUT2D eigenvalue weighted by Gasteiger charge is -2.28. The van der Waals surface area contributed by atoms with E-state index in [1.54, 1.807) is 30.3 Å². The lowest BCUT2D eigenvalue weighted by atomic mass is 9.90. The maximum absolute atomic E-state index is 16.2. The topological polar surface area (TPSA) is 81.4 Å². The summed E-state index contributed by atoms with van der Waals surface area (Å²) in [5.41, 5.74) is 6.09. The van der Waals surface area contributed by atoms with Crippen molar-refractivity contribution in [2.45, 2.75) is 45.7 Å². The van der Waals surface area contributed by atoms with Crippen molar-refractivity contribution in [3.8, 4) is 11.3 Å². The zero-order valence-electron chi connectivity index (χ0n) is 26.8. The van der Waals surface area contributed by atoms with Gasteiger partial charge in [0.1, 0.15) is 0 Å². The molecule has 6 nitrogen and oxygen atoms in total. The number of aromatic nitrogens is 1. The van der Waals surface area contributed by atoms with Gasteiger partial charge in [-0.15, -0.1) is 0 Å². The first-order valence-electron chi connectivity index (χ1n) is 15.6. The molecule has 0 saturated carbocycles. The highest BCUT2D eigenvalue weighted by atomic mass is 32.2. The predicted molar refractivity (Wildman–Crippen MR) is 190 cm³/mol. The number of hydrogen-bond donors (Lipinski definition) is 0. The van der Waals surface area contributed by atoms with Crippen molar-refractivity contribution in [3.05, 3.63) is 154 Å². The summed E-state index contributed by atoms with van der Waals surface area (Å²) in [6, 6.07) is 33.5. The fraction of sp³-hybridized carbons (Fsp3) is 0.154. The van der Waals surface area contributed by atoms with Crippen LogP contribution in [0, 0.1) is 32.9 Å². The molecule has 1 aliphatic rings. The van der Waals surface area contributed by atoms with Crippen LogP contribution in [0.3, 0.4) is 0 Å². The summed E-state index contributed by atoms with van der Waals surface area (Å²) in [5.74, 6) is 0. The van der Waals surface area contributed by atoms with Crippen molar-refractivity contribution >= 4 is 43.9 Å². The van der Waals surface area contributed by atoms with E-state index in [1.807, 2.05) is 107 Å². The second-order valence-electron chi connectivity index (χ2n) is 12.3. The van der Waals surface area contributed by atoms with Crippen LogP contribution in [0.2, 0.25) is 0 Å². The molecule has 0 amide bonds. The number of pyridine rings is 1. The normalized spacial score (nSPS) is 13.6. The van der Waals surface area contributed by atoms with Gasteiger partial charge in [-0.3, -0.25) is 0 Å². The zero-order valence-corrected chi connectivity index (χ0v) is 28.5. The van der Waals surface area contributed by atoms with E-state index in [0.717, 1.165) is 48.9 Å². The van der Waals surface area contributed by atoms with E-state index in [4.69, 9.17) is 0 Å². The van der Waals surface area contributed by atoms with Crippen molar-refractivity contribution < 1.29 is 17.7 Å². The largest absolute Gasteiger partial charge is 0.618 e. The zero-order chi connectivity index (χ0) is 33.1. The van der Waals surface area contributed by atoms with Gasteiger partial charge in [0.2, 0.25) is 15.7 Å². The minimum absolute atomic E-state index is 0.140. The van der Waals surface area contributed by atoms with Gasteiger partial charge < -0.3 is 9.77 Å². The Balaban J connectivity index is 1.59. The van der Waals surface area contributed by atoms with Crippen LogP contribution in [0.25, 0.3) is 22.0 Å². The van der Waals surface area contributed by atoms with Gasteiger partial charge in [0.25, 0.3) is 0 Å². The van der Waals surface area contributed by atoms with E-state index >= 15 is 4.57 Å². The Hall–Kier alpha value is -4.55. The van der Waals surface area contributed by atoms with E-state index in [9.17, 15) is 13.6 Å². The van der Waals surface area contributed by atoms with Crippen molar-refractivity contribution in [1.29, 1.82) is 0 Å². The molecule has 0 unspecified atom stereocenters. The summed E-state index contributed by atoms with van der Waals surface area (Å²) in [6.45, 7) is 8.06. The highest BCUT2D eigenvalue weighted by molar-refractivity contribution is 7.89. The van der Waals surface area contributed by atoms with E-state index in [0.29, 0.717) is 27.2 Å². The monoisotopic (exact) mass is 658 g/mol. The predicted octanol–water partition coefficient (Wildman–Crippen LogP) is 6.72. The van der Waals surface area contributed by atoms with Gasteiger partial charge in [-0.25, -0.2) is 8.42 Å². The second-order valence-corrected chi connectivity index (χ2v) is 17.0. The van der Waals surface area contributed by atoms with Crippen LogP contribution in [0.5, 0.6) is 0 Å². The molecule has 0 N–H and O–H groups in total. The molecular formula is C39H35N2O4PS. The Labute approximate surface area is 276 Å². The average Bonchev–Trinajstić information content (AvgIpc) is 3.55. The van der Waals surface area contributed by atoms with Crippen LogP contribution in [0.4, 0.5) is 0 Å². The number of aryl methyl sites for hydroxylation is 2. The third kappa shape index (κ3) is 4.92. The molecule has 6 aromatic rings. The third-order valence-corrected chi connectivity index (χ3v) is 14.6. The van der Waals surface area contributed by atoms with E-state index in [2.05, 4.69) is 0 Å². The smallest absolute Gasteiger partial charge is 0.243 e. The number of rotatable bonds is 6. The summed E-state index contributed by atoms with van der Waals surface area (Å²) in [5, 5.41) is 17.6. The molecule has 0 atom stereocenters. The summed E-state index contributed by atoms with van der Waals surface area (Å²) < 4.78 is 46.6. The van der Waals surface area contributed by atoms with Gasteiger partial charge in [-0.2, -0.15) is 9.04 Å². The van der Waals surface area contributed by atoms with Crippen molar-refractivity contribution in [1.82, 2.24) is 4.31 Å². The molecule has 1 aliphatic heterocycles. The first kappa shape index (κ1) is 31.1. The van der Waals surface area contributed by atoms with Gasteiger partial charge in [-0.05, 0) is 73.0 Å². The Morgan fingerprint density at radius 3 is 1.87 bits per heavy atom. The molecule has 0 fully saturated rings. The second kappa shape index (κ2) is 11.6. The van der Waals surface area contributed by atoms with Crippen molar-refractivity contribution in [2.24, 2.45) is 0 Å². The van der Waals surface area contributed by atoms with Crippen LogP contribution in [-0.4, -0.2) is 12.7 Å². The minimum atomic E-state index is -3.84. The van der Waals surface area contributed by atoms with Gasteiger partial charge >= 0.3 is 0 Å². The Bertz CT molecular complexity index is 2300. The average molecular weight is 659 g/mol. The summed E-state index contributed by atoms with van der Waals surface area (Å²) >= 11 is 0. The van der Waals surface area contributed by atoms with Crippen LogP contribution >= 0.6 is 7.14 Å². The molecule has 0 radical (unpaired) electrons. The molecule has 1 aromatic heterocycles. The molecule has 2 heterocycles. The Morgan fingerprint density at radius 2 is 1.28 bits per heavy atom. The van der Waals surface area contributed by atoms with Gasteiger partial charge in [-0.1, -0.05) is 96.6 Å². The fourth-order valence-electron chi connectivity index (χ4n) is 7.06. The SMILES string of the molecule is Cc1ccc(S(=O)(=O)N2Cc3c(C)c(-c4c5c(C)cccc5cc[n+]4[O-])c(P(=O)(c4ccccc4)c4ccccc4)c(C)c3C2)cc1. The van der Waals surface area contributed by atoms with Gasteiger partial charge in [0.05, 0.1) is 15.8 Å². The van der Waals surface area contributed by atoms with Crippen LogP contribution in [-0.2, 0) is 27.7 Å². The molecule has 47 heavy (non-hydrogen) atoms. The number of benzene rings is 5. The van der Waals surface area contributed by atoms with Crippen LogP contribution < -0.4 is 20.6 Å². The van der Waals surface area contributed by atoms with Crippen LogP contribution in [0.15, 0.2) is 120 Å². The standard InChI is InChI=1S/C39H35N2O4PS/c1-26-18-20-33(21-19-26)47(44,45)40-24-34-28(3)37(38-36-27(2)12-11-13-30(36)22-23-41(38)42)39(29(4)35(34)25-40)46(43,31-14-7-5-8-15-31)32-16-9-6-10-17-32/h5-23H,24-25H2,1-4H3. The molecular weight excluding hydrogens is 623 g/mol. The lowest BCUT2D eigenvalue weighted by Crippen LogP contribution is -2.35. The van der Waals surface area contributed by atoms with E-state index < -0.39 is 17.2 Å². The molecule has 8 heteroatoms. The number of nitrogens with zero attached hydrogens (tertiary/aromatic N) is 2. The van der Waals surface area contributed by atoms with Crippen molar-refractivity contribution in [3.63, 3.8) is 0 Å². The molecule has 5 aromatic carbocycles. The van der Waals surface area contributed by atoms with E-state index in [1.165, 1.54) is 10.5 Å². The minimum Gasteiger partial charge on any atom is -0.618 e. The molecule has 236 valence electrons. The summed E-state index contributed by atoms with van der Waals surface area (Å²) in [6.07, 6.45) is 1.51. The Kier molecular flexibility index (Phi) is 7.67. The van der Waals surface area contributed by atoms with Crippen LogP contribution in [0.1, 0.15) is 33.4 Å². The fourth-order valence-corrected chi connectivity index (χ4v) is 11.6. The van der Waals surface area contributed by atoms with Gasteiger partial charge in [0, 0.05) is 35.1 Å². The highest BCUT2D eigenvalue weighted by Crippen LogP contribution is 2.50. The molecule has 0 spiro atoms. The number of fused-ring (bicyclic) bond motifs is 2. The quantitative estimate of drug-likeness (QED) is 0.113. The third-order valence-electron chi connectivity index (χ3n) is 9.51. The van der Waals surface area contributed by atoms with E-state index in [-0.39, 0.29) is 18.0 Å². The van der Waals surface area contributed by atoms with Gasteiger partial charge in [0.15, 0.2) is 13.3 Å². The highest BCUT2D eigenvalue weighted by Gasteiger charge is 2.42. The maximum atomic E-state index is 16.2. The Morgan fingerprint density at radius 1 is 0.702 bits per heavy atom. The first-order chi connectivity index (χ1) is 22.5.